The molecule has 2 heterocycles. The molecule has 0 aliphatic carbocycles. The Morgan fingerprint density at radius 1 is 1.14 bits per heavy atom. The van der Waals surface area contributed by atoms with Gasteiger partial charge >= 0.3 is 6.18 Å². The molecule has 0 aliphatic rings. The lowest BCUT2D eigenvalue weighted by atomic mass is 10.2. The topological polar surface area (TPSA) is 64.7 Å². The molecule has 0 spiro atoms. The summed E-state index contributed by atoms with van der Waals surface area (Å²) in [6.45, 7) is 3.87. The molecule has 1 amide bonds. The third-order valence-electron chi connectivity index (χ3n) is 4.34. The van der Waals surface area contributed by atoms with E-state index in [0.29, 0.717) is 28.6 Å². The zero-order valence-corrected chi connectivity index (χ0v) is 17.1. The molecular formula is C18H16Cl2F3N5O. The van der Waals surface area contributed by atoms with E-state index in [-0.39, 0.29) is 5.69 Å². The van der Waals surface area contributed by atoms with Crippen LogP contribution in [0.15, 0.2) is 24.3 Å². The molecule has 0 unspecified atom stereocenters. The Balaban J connectivity index is 1.88. The first-order chi connectivity index (χ1) is 13.5. The van der Waals surface area contributed by atoms with E-state index in [9.17, 15) is 18.0 Å². The highest BCUT2D eigenvalue weighted by molar-refractivity contribution is 6.35. The lowest BCUT2D eigenvalue weighted by Crippen LogP contribution is -2.17. The first-order valence-electron chi connectivity index (χ1n) is 8.38. The normalized spacial score (nSPS) is 11.7. The first kappa shape index (κ1) is 21.2. The average Bonchev–Trinajstić information content (AvgIpc) is 3.07. The van der Waals surface area contributed by atoms with E-state index >= 15 is 0 Å². The summed E-state index contributed by atoms with van der Waals surface area (Å²) in [4.78, 5) is 12.6. The fourth-order valence-electron chi connectivity index (χ4n) is 2.89. The van der Waals surface area contributed by atoms with Crippen molar-refractivity contribution in [3.05, 3.63) is 62.6 Å². The predicted molar refractivity (Wildman–Crippen MR) is 103 cm³/mol. The summed E-state index contributed by atoms with van der Waals surface area (Å²) < 4.78 is 41.4. The van der Waals surface area contributed by atoms with E-state index in [1.165, 1.54) is 7.05 Å². The van der Waals surface area contributed by atoms with Gasteiger partial charge < -0.3 is 5.32 Å². The van der Waals surface area contributed by atoms with Crippen molar-refractivity contribution in [1.82, 2.24) is 19.6 Å². The molecule has 2 aromatic heterocycles. The van der Waals surface area contributed by atoms with Crippen LogP contribution in [0.4, 0.5) is 18.9 Å². The van der Waals surface area contributed by atoms with E-state index in [4.69, 9.17) is 23.2 Å². The van der Waals surface area contributed by atoms with Gasteiger partial charge in [0, 0.05) is 12.1 Å². The summed E-state index contributed by atoms with van der Waals surface area (Å²) in [5, 5.41) is 10.2. The van der Waals surface area contributed by atoms with E-state index in [0.717, 1.165) is 10.2 Å². The van der Waals surface area contributed by atoms with E-state index in [1.54, 1.807) is 30.7 Å². The lowest BCUT2D eigenvalue weighted by molar-refractivity contribution is -0.141. The molecule has 6 nitrogen and oxygen atoms in total. The number of alkyl halides is 3. The second-order valence-corrected chi connectivity index (χ2v) is 7.23. The maximum absolute atomic E-state index is 13.0. The van der Waals surface area contributed by atoms with Crippen molar-refractivity contribution >= 4 is 34.8 Å². The Hall–Kier alpha value is -2.52. The molecule has 0 fully saturated rings. The third-order valence-corrected chi connectivity index (χ3v) is 4.95. The Labute approximate surface area is 174 Å². The van der Waals surface area contributed by atoms with Gasteiger partial charge in [0.05, 0.1) is 23.6 Å². The van der Waals surface area contributed by atoms with Gasteiger partial charge in [-0.3, -0.25) is 14.2 Å². The van der Waals surface area contributed by atoms with Crippen LogP contribution < -0.4 is 5.32 Å². The number of hydrogen-bond acceptors (Lipinski definition) is 3. The van der Waals surface area contributed by atoms with Crippen molar-refractivity contribution < 1.29 is 18.0 Å². The number of carbonyl (C=O) groups is 1. The Morgan fingerprint density at radius 2 is 1.76 bits per heavy atom. The number of aromatic nitrogens is 4. The fraction of sp³-hybridized carbons (Fsp3) is 0.278. The zero-order valence-electron chi connectivity index (χ0n) is 15.6. The number of carbonyl (C=O) groups excluding carboxylic acids is 1. The Kier molecular flexibility index (Phi) is 5.64. The van der Waals surface area contributed by atoms with Crippen molar-refractivity contribution in [1.29, 1.82) is 0 Å². The number of benzene rings is 1. The summed E-state index contributed by atoms with van der Waals surface area (Å²) in [5.74, 6) is -0.808. The highest BCUT2D eigenvalue weighted by atomic mass is 35.5. The zero-order chi connectivity index (χ0) is 21.5. The van der Waals surface area contributed by atoms with Crippen LogP contribution in [0.5, 0.6) is 0 Å². The van der Waals surface area contributed by atoms with E-state index in [1.807, 2.05) is 12.1 Å². The van der Waals surface area contributed by atoms with Gasteiger partial charge in [-0.2, -0.15) is 23.4 Å². The third kappa shape index (κ3) is 4.25. The predicted octanol–water partition coefficient (Wildman–Crippen LogP) is 4.86. The second kappa shape index (κ2) is 7.72. The maximum atomic E-state index is 13.0. The van der Waals surface area contributed by atoms with Crippen LogP contribution in [0.1, 0.15) is 33.1 Å². The Bertz CT molecular complexity index is 1070. The number of hydrogen-bond donors (Lipinski definition) is 1. The maximum Gasteiger partial charge on any atom is 0.436 e. The van der Waals surface area contributed by atoms with Gasteiger partial charge in [0.15, 0.2) is 5.69 Å². The summed E-state index contributed by atoms with van der Waals surface area (Å²) in [7, 11) is 1.22. The molecule has 0 bridgehead atoms. The number of nitrogens with zero attached hydrogens (tertiary/aromatic N) is 4. The number of anilines is 1. The molecule has 0 aliphatic heterocycles. The van der Waals surface area contributed by atoms with Gasteiger partial charge in [0.25, 0.3) is 5.91 Å². The van der Waals surface area contributed by atoms with Gasteiger partial charge in [-0.05, 0) is 31.5 Å². The number of rotatable bonds is 4. The minimum atomic E-state index is -4.76. The van der Waals surface area contributed by atoms with Gasteiger partial charge in [-0.25, -0.2) is 0 Å². The van der Waals surface area contributed by atoms with Gasteiger partial charge in [-0.15, -0.1) is 0 Å². The molecule has 3 aromatic rings. The largest absolute Gasteiger partial charge is 0.436 e. The van der Waals surface area contributed by atoms with Crippen LogP contribution in [0.3, 0.4) is 0 Å². The number of aryl methyl sites for hydroxylation is 2. The molecule has 1 N–H and O–H groups in total. The van der Waals surface area contributed by atoms with Crippen molar-refractivity contribution in [2.75, 3.05) is 5.32 Å². The van der Waals surface area contributed by atoms with Crippen molar-refractivity contribution in [2.45, 2.75) is 26.6 Å². The molecule has 0 saturated heterocycles. The summed E-state index contributed by atoms with van der Waals surface area (Å²) in [6.07, 6.45) is -4.76. The fourth-order valence-corrected chi connectivity index (χ4v) is 3.37. The summed E-state index contributed by atoms with van der Waals surface area (Å²) >= 11 is 11.7. The lowest BCUT2D eigenvalue weighted by Gasteiger charge is -2.08. The molecule has 29 heavy (non-hydrogen) atoms. The quantitative estimate of drug-likeness (QED) is 0.623. The standard InChI is InChI=1S/C18H16Cl2F3N5O/c1-9-14(10(2)28(25-9)8-11-4-6-12(19)7-5-11)24-17(29)15-13(20)16(18(21,22)23)26-27(15)3/h4-7H,8H2,1-3H3,(H,24,29). The smallest absolute Gasteiger partial charge is 0.317 e. The summed E-state index contributed by atoms with van der Waals surface area (Å²) in [6, 6.07) is 7.22. The molecule has 11 heteroatoms. The van der Waals surface area contributed by atoms with Crippen LogP contribution in [-0.4, -0.2) is 25.5 Å². The van der Waals surface area contributed by atoms with Gasteiger partial charge in [-0.1, -0.05) is 35.3 Å². The number of nitrogens with one attached hydrogen (secondary N) is 1. The van der Waals surface area contributed by atoms with Crippen LogP contribution >= 0.6 is 23.2 Å². The molecule has 0 radical (unpaired) electrons. The van der Waals surface area contributed by atoms with Crippen LogP contribution in [0.25, 0.3) is 0 Å². The first-order valence-corrected chi connectivity index (χ1v) is 9.14. The van der Waals surface area contributed by atoms with Crippen LogP contribution in [-0.2, 0) is 19.8 Å². The average molecular weight is 446 g/mol. The van der Waals surface area contributed by atoms with E-state index < -0.39 is 22.8 Å². The number of amides is 1. The van der Waals surface area contributed by atoms with Crippen LogP contribution in [0, 0.1) is 13.8 Å². The SMILES string of the molecule is Cc1nn(Cc2ccc(Cl)cc2)c(C)c1NC(=O)c1c(Cl)c(C(F)(F)F)nn1C. The molecule has 154 valence electrons. The molecular weight excluding hydrogens is 430 g/mol. The van der Waals surface area contributed by atoms with Crippen molar-refractivity contribution in [2.24, 2.45) is 7.05 Å². The molecule has 3 rings (SSSR count). The Morgan fingerprint density at radius 3 is 2.31 bits per heavy atom. The van der Waals surface area contributed by atoms with Gasteiger partial charge in [0.2, 0.25) is 0 Å². The molecule has 0 saturated carbocycles. The molecule has 0 atom stereocenters. The van der Waals surface area contributed by atoms with E-state index in [2.05, 4.69) is 15.5 Å². The molecule has 1 aromatic carbocycles. The highest BCUT2D eigenvalue weighted by Gasteiger charge is 2.39. The van der Waals surface area contributed by atoms with Crippen molar-refractivity contribution in [3.63, 3.8) is 0 Å². The van der Waals surface area contributed by atoms with Gasteiger partial charge in [0.1, 0.15) is 10.7 Å². The highest BCUT2D eigenvalue weighted by Crippen LogP contribution is 2.35. The minimum absolute atomic E-state index is 0.386. The monoisotopic (exact) mass is 445 g/mol. The van der Waals surface area contributed by atoms with Crippen molar-refractivity contribution in [3.8, 4) is 0 Å². The van der Waals surface area contributed by atoms with Crippen LogP contribution in [0.2, 0.25) is 10.0 Å². The number of halogens is 5. The summed E-state index contributed by atoms with van der Waals surface area (Å²) in [5.41, 5.74) is 0.804. The minimum Gasteiger partial charge on any atom is -0.317 e. The second-order valence-electron chi connectivity index (χ2n) is 6.42.